The van der Waals surface area contributed by atoms with Gasteiger partial charge in [-0.15, -0.1) is 0 Å². The van der Waals surface area contributed by atoms with Crippen LogP contribution in [0.3, 0.4) is 0 Å². The van der Waals surface area contributed by atoms with E-state index in [1.165, 1.54) is 0 Å². The number of carbonyl (C=O) groups is 1. The molecule has 1 atom stereocenters. The topological polar surface area (TPSA) is 85.1 Å². The Kier molecular flexibility index (Phi) is 5.80. The fourth-order valence-corrected chi connectivity index (χ4v) is 4.38. The van der Waals surface area contributed by atoms with Gasteiger partial charge in [0.1, 0.15) is 5.69 Å². The van der Waals surface area contributed by atoms with Crippen molar-refractivity contribution in [2.45, 2.75) is 58.0 Å². The molecule has 0 saturated carbocycles. The first-order chi connectivity index (χ1) is 14.0. The first-order valence-electron chi connectivity index (χ1n) is 10.6. The SMILES string of the molecule is Cc1cc(C(=O)NCC2CCCCN2CCn2nc3c(cc2=O)CCC3)nn1C. The van der Waals surface area contributed by atoms with Crippen molar-refractivity contribution in [3.05, 3.63) is 45.1 Å². The number of rotatable bonds is 6. The van der Waals surface area contributed by atoms with E-state index in [4.69, 9.17) is 0 Å². The summed E-state index contributed by atoms with van der Waals surface area (Å²) in [6.45, 7) is 4.89. The molecule has 3 heterocycles. The van der Waals surface area contributed by atoms with Crippen LogP contribution in [0.1, 0.15) is 53.1 Å². The van der Waals surface area contributed by atoms with Crippen molar-refractivity contribution in [2.24, 2.45) is 7.05 Å². The Morgan fingerprint density at radius 1 is 1.17 bits per heavy atom. The second-order valence-corrected chi connectivity index (χ2v) is 8.22. The Labute approximate surface area is 170 Å². The van der Waals surface area contributed by atoms with E-state index in [0.29, 0.717) is 18.8 Å². The van der Waals surface area contributed by atoms with Crippen molar-refractivity contribution in [1.29, 1.82) is 0 Å². The smallest absolute Gasteiger partial charge is 0.271 e. The molecule has 0 bridgehead atoms. The summed E-state index contributed by atoms with van der Waals surface area (Å²) in [5, 5.41) is 11.9. The van der Waals surface area contributed by atoms with Gasteiger partial charge in [-0.25, -0.2) is 4.68 Å². The summed E-state index contributed by atoms with van der Waals surface area (Å²) >= 11 is 0. The molecule has 0 spiro atoms. The van der Waals surface area contributed by atoms with Gasteiger partial charge in [0.05, 0.1) is 12.2 Å². The van der Waals surface area contributed by atoms with Gasteiger partial charge in [-0.05, 0) is 57.2 Å². The predicted molar refractivity (Wildman–Crippen MR) is 110 cm³/mol. The van der Waals surface area contributed by atoms with Crippen LogP contribution >= 0.6 is 0 Å². The second-order valence-electron chi connectivity index (χ2n) is 8.22. The van der Waals surface area contributed by atoms with Crippen LogP contribution in [0.2, 0.25) is 0 Å². The maximum Gasteiger partial charge on any atom is 0.271 e. The quantitative estimate of drug-likeness (QED) is 0.786. The number of amides is 1. The van der Waals surface area contributed by atoms with E-state index >= 15 is 0 Å². The zero-order chi connectivity index (χ0) is 20.4. The number of piperidine rings is 1. The van der Waals surface area contributed by atoms with Crippen LogP contribution in [-0.4, -0.2) is 56.0 Å². The Morgan fingerprint density at radius 2 is 2.03 bits per heavy atom. The first kappa shape index (κ1) is 19.8. The van der Waals surface area contributed by atoms with Gasteiger partial charge in [-0.3, -0.25) is 19.2 Å². The molecule has 1 saturated heterocycles. The van der Waals surface area contributed by atoms with E-state index in [-0.39, 0.29) is 17.5 Å². The van der Waals surface area contributed by atoms with Gasteiger partial charge in [0, 0.05) is 37.9 Å². The predicted octanol–water partition coefficient (Wildman–Crippen LogP) is 1.06. The summed E-state index contributed by atoms with van der Waals surface area (Å²) in [6, 6.07) is 3.85. The van der Waals surface area contributed by atoms with Crippen molar-refractivity contribution in [1.82, 2.24) is 29.8 Å². The molecule has 1 aliphatic heterocycles. The number of nitrogens with zero attached hydrogens (tertiary/aromatic N) is 5. The molecular formula is C21H30N6O2. The zero-order valence-electron chi connectivity index (χ0n) is 17.4. The number of nitrogens with one attached hydrogen (secondary N) is 1. The van der Waals surface area contributed by atoms with Crippen LogP contribution in [0, 0.1) is 6.92 Å². The Bertz CT molecular complexity index is 928. The molecular weight excluding hydrogens is 368 g/mol. The number of aromatic nitrogens is 4. The molecule has 1 unspecified atom stereocenters. The van der Waals surface area contributed by atoms with E-state index in [0.717, 1.165) is 68.6 Å². The number of fused-ring (bicyclic) bond motifs is 1. The number of likely N-dealkylation sites (tertiary alicyclic amines) is 1. The Morgan fingerprint density at radius 3 is 2.83 bits per heavy atom. The molecule has 4 rings (SSSR count). The third-order valence-corrected chi connectivity index (χ3v) is 6.22. The number of aryl methyl sites for hydroxylation is 4. The van der Waals surface area contributed by atoms with Crippen molar-refractivity contribution in [2.75, 3.05) is 19.6 Å². The molecule has 1 fully saturated rings. The number of hydrogen-bond acceptors (Lipinski definition) is 5. The Hall–Kier alpha value is -2.48. The van der Waals surface area contributed by atoms with Crippen molar-refractivity contribution >= 4 is 5.91 Å². The van der Waals surface area contributed by atoms with E-state index in [2.05, 4.69) is 20.4 Å². The maximum absolute atomic E-state index is 12.4. The van der Waals surface area contributed by atoms with Gasteiger partial charge in [0.2, 0.25) is 0 Å². The minimum Gasteiger partial charge on any atom is -0.349 e. The fraction of sp³-hybridized carbons (Fsp3) is 0.619. The van der Waals surface area contributed by atoms with Crippen molar-refractivity contribution in [3.8, 4) is 0 Å². The van der Waals surface area contributed by atoms with Crippen LogP contribution in [-0.2, 0) is 26.4 Å². The molecule has 2 aromatic heterocycles. The maximum atomic E-state index is 12.4. The van der Waals surface area contributed by atoms with Gasteiger partial charge >= 0.3 is 0 Å². The van der Waals surface area contributed by atoms with Crippen LogP contribution in [0.15, 0.2) is 16.9 Å². The molecule has 0 radical (unpaired) electrons. The van der Waals surface area contributed by atoms with Gasteiger partial charge < -0.3 is 5.32 Å². The summed E-state index contributed by atoms with van der Waals surface area (Å²) in [4.78, 5) is 27.2. The van der Waals surface area contributed by atoms with Crippen molar-refractivity contribution in [3.63, 3.8) is 0 Å². The molecule has 156 valence electrons. The van der Waals surface area contributed by atoms with Crippen LogP contribution in [0.25, 0.3) is 0 Å². The minimum absolute atomic E-state index is 0.00182. The van der Waals surface area contributed by atoms with E-state index in [1.54, 1.807) is 21.5 Å². The lowest BCUT2D eigenvalue weighted by Crippen LogP contribution is -2.48. The highest BCUT2D eigenvalue weighted by atomic mass is 16.2. The first-order valence-corrected chi connectivity index (χ1v) is 10.6. The molecule has 2 aromatic rings. The van der Waals surface area contributed by atoms with Gasteiger partial charge in [-0.2, -0.15) is 10.2 Å². The lowest BCUT2D eigenvalue weighted by Gasteiger charge is -2.35. The summed E-state index contributed by atoms with van der Waals surface area (Å²) < 4.78 is 3.33. The Balaban J connectivity index is 1.35. The summed E-state index contributed by atoms with van der Waals surface area (Å²) in [7, 11) is 1.84. The lowest BCUT2D eigenvalue weighted by atomic mass is 10.0. The molecule has 8 heteroatoms. The second kappa shape index (κ2) is 8.49. The molecule has 0 aromatic carbocycles. The highest BCUT2D eigenvalue weighted by molar-refractivity contribution is 5.92. The molecule has 2 aliphatic rings. The normalized spacial score (nSPS) is 19.3. The number of carbonyl (C=O) groups excluding carboxylic acids is 1. The molecule has 1 amide bonds. The standard InChI is InChI=1S/C21H30N6O2/c1-15-12-19(23-25(15)2)21(29)22-14-17-7-3-4-9-26(17)10-11-27-20(28)13-16-6-5-8-18(16)24-27/h12-13,17H,3-11,14H2,1-2H3,(H,22,29). The van der Waals surface area contributed by atoms with Crippen LogP contribution in [0.4, 0.5) is 0 Å². The van der Waals surface area contributed by atoms with E-state index in [1.807, 2.05) is 14.0 Å². The molecule has 1 N–H and O–H groups in total. The summed E-state index contributed by atoms with van der Waals surface area (Å²) in [6.07, 6.45) is 6.40. The molecule has 1 aliphatic carbocycles. The average molecular weight is 399 g/mol. The van der Waals surface area contributed by atoms with Gasteiger partial charge in [0.25, 0.3) is 11.5 Å². The monoisotopic (exact) mass is 398 g/mol. The highest BCUT2D eigenvalue weighted by Gasteiger charge is 2.24. The highest BCUT2D eigenvalue weighted by Crippen LogP contribution is 2.18. The zero-order valence-corrected chi connectivity index (χ0v) is 17.4. The van der Waals surface area contributed by atoms with Crippen LogP contribution < -0.4 is 10.9 Å². The minimum atomic E-state index is -0.129. The molecule has 8 nitrogen and oxygen atoms in total. The average Bonchev–Trinajstić information content (AvgIpc) is 3.30. The number of hydrogen-bond donors (Lipinski definition) is 1. The van der Waals surface area contributed by atoms with Gasteiger partial charge in [0.15, 0.2) is 0 Å². The largest absolute Gasteiger partial charge is 0.349 e. The summed E-state index contributed by atoms with van der Waals surface area (Å²) in [5.74, 6) is -0.129. The third-order valence-electron chi connectivity index (χ3n) is 6.22. The summed E-state index contributed by atoms with van der Waals surface area (Å²) in [5.41, 5.74) is 3.62. The van der Waals surface area contributed by atoms with Crippen molar-refractivity contribution < 1.29 is 4.79 Å². The van der Waals surface area contributed by atoms with Gasteiger partial charge in [-0.1, -0.05) is 6.42 Å². The third kappa shape index (κ3) is 4.42. The van der Waals surface area contributed by atoms with E-state index < -0.39 is 0 Å². The molecule has 29 heavy (non-hydrogen) atoms. The lowest BCUT2D eigenvalue weighted by molar-refractivity contribution is 0.0903. The van der Waals surface area contributed by atoms with Crippen LogP contribution in [0.5, 0.6) is 0 Å². The fourth-order valence-electron chi connectivity index (χ4n) is 4.38. The van der Waals surface area contributed by atoms with E-state index in [9.17, 15) is 9.59 Å².